The van der Waals surface area contributed by atoms with Crippen molar-refractivity contribution in [1.29, 1.82) is 0 Å². The third kappa shape index (κ3) is 7.40. The molecular weight excluding hydrogens is 259 g/mol. The van der Waals surface area contributed by atoms with Gasteiger partial charge in [-0.2, -0.15) is 13.2 Å². The second-order valence-corrected chi connectivity index (χ2v) is 5.19. The first kappa shape index (κ1) is 18.2. The number of ether oxygens (including phenoxy) is 1. The van der Waals surface area contributed by atoms with Crippen LogP contribution >= 0.6 is 0 Å². The van der Waals surface area contributed by atoms with Gasteiger partial charge in [0, 0.05) is 0 Å². The van der Waals surface area contributed by atoms with E-state index < -0.39 is 24.1 Å². The first-order valence-corrected chi connectivity index (χ1v) is 6.69. The summed E-state index contributed by atoms with van der Waals surface area (Å²) < 4.78 is 42.8. The monoisotopic (exact) mass is 283 g/mol. The second kappa shape index (κ2) is 8.40. The number of carbonyl (C=O) groups excluding carboxylic acids is 1. The minimum absolute atomic E-state index is 0.0855. The lowest BCUT2D eigenvalue weighted by atomic mass is 9.93. The number of hydrogen-bond donors (Lipinski definition) is 1. The highest BCUT2D eigenvalue weighted by atomic mass is 19.4. The van der Waals surface area contributed by atoms with E-state index in [2.05, 4.69) is 0 Å². The van der Waals surface area contributed by atoms with Gasteiger partial charge < -0.3 is 10.5 Å². The Kier molecular flexibility index (Phi) is 8.06. The molecule has 3 nitrogen and oxygen atoms in total. The van der Waals surface area contributed by atoms with E-state index >= 15 is 0 Å². The number of halogens is 3. The van der Waals surface area contributed by atoms with Crippen LogP contribution < -0.4 is 5.73 Å². The molecule has 0 saturated heterocycles. The summed E-state index contributed by atoms with van der Waals surface area (Å²) in [4.78, 5) is 11.7. The van der Waals surface area contributed by atoms with Gasteiger partial charge in [-0.25, -0.2) is 0 Å². The molecule has 0 radical (unpaired) electrons. The molecule has 0 bridgehead atoms. The van der Waals surface area contributed by atoms with Crippen molar-refractivity contribution in [1.82, 2.24) is 0 Å². The molecule has 0 aliphatic heterocycles. The minimum atomic E-state index is -4.58. The van der Waals surface area contributed by atoms with Crippen molar-refractivity contribution in [2.45, 2.75) is 58.7 Å². The van der Waals surface area contributed by atoms with Crippen LogP contribution in [0.1, 0.15) is 46.5 Å². The summed E-state index contributed by atoms with van der Waals surface area (Å²) in [6, 6.07) is -2.15. The van der Waals surface area contributed by atoms with Crippen molar-refractivity contribution in [3.63, 3.8) is 0 Å². The van der Waals surface area contributed by atoms with Gasteiger partial charge in [-0.3, -0.25) is 4.79 Å². The van der Waals surface area contributed by atoms with Crippen LogP contribution in [0, 0.1) is 11.8 Å². The third-order valence-electron chi connectivity index (χ3n) is 2.79. The fourth-order valence-corrected chi connectivity index (χ4v) is 1.64. The summed E-state index contributed by atoms with van der Waals surface area (Å²) in [5.41, 5.74) is 5.16. The van der Waals surface area contributed by atoms with Crippen molar-refractivity contribution in [2.75, 3.05) is 6.61 Å². The standard InChI is InChI=1S/C13H24F3NO2/c1-4-5-6-7-10(11(17)13(14,15)16)12(18)19-8-9(2)3/h9-11H,4-8,17H2,1-3H3/t10-,11-/m0/s1. The van der Waals surface area contributed by atoms with E-state index in [-0.39, 0.29) is 18.9 Å². The predicted octanol–water partition coefficient (Wildman–Crippen LogP) is 3.27. The average Bonchev–Trinajstić information content (AvgIpc) is 2.29. The van der Waals surface area contributed by atoms with E-state index in [0.29, 0.717) is 6.42 Å². The molecule has 0 spiro atoms. The number of carbonyl (C=O) groups is 1. The van der Waals surface area contributed by atoms with E-state index in [1.54, 1.807) is 0 Å². The summed E-state index contributed by atoms with van der Waals surface area (Å²) in [6.45, 7) is 5.70. The number of nitrogens with two attached hydrogens (primary N) is 1. The zero-order chi connectivity index (χ0) is 15.1. The molecule has 0 amide bonds. The number of rotatable bonds is 8. The van der Waals surface area contributed by atoms with Crippen molar-refractivity contribution < 1.29 is 22.7 Å². The molecule has 0 aromatic carbocycles. The van der Waals surface area contributed by atoms with Crippen LogP contribution in [0.5, 0.6) is 0 Å². The lowest BCUT2D eigenvalue weighted by Gasteiger charge is -2.24. The molecule has 19 heavy (non-hydrogen) atoms. The Hall–Kier alpha value is -0.780. The molecule has 2 N–H and O–H groups in total. The molecule has 0 aromatic heterocycles. The number of unbranched alkanes of at least 4 members (excludes halogenated alkanes) is 2. The normalized spacial score (nSPS) is 15.4. The first-order valence-electron chi connectivity index (χ1n) is 6.69. The zero-order valence-corrected chi connectivity index (χ0v) is 11.8. The average molecular weight is 283 g/mol. The molecule has 0 saturated carbocycles. The van der Waals surface area contributed by atoms with Crippen LogP contribution in [0.2, 0.25) is 0 Å². The molecule has 0 aliphatic rings. The summed E-state index contributed by atoms with van der Waals surface area (Å²) in [5.74, 6) is -2.05. The fourth-order valence-electron chi connectivity index (χ4n) is 1.64. The Labute approximate surface area is 112 Å². The van der Waals surface area contributed by atoms with E-state index in [0.717, 1.165) is 12.8 Å². The number of hydrogen-bond acceptors (Lipinski definition) is 3. The molecule has 2 atom stereocenters. The van der Waals surface area contributed by atoms with E-state index in [1.807, 2.05) is 20.8 Å². The molecule has 0 rings (SSSR count). The quantitative estimate of drug-likeness (QED) is 0.549. The number of alkyl halides is 3. The maximum Gasteiger partial charge on any atom is 0.404 e. The van der Waals surface area contributed by atoms with Gasteiger partial charge in [0.25, 0.3) is 0 Å². The van der Waals surface area contributed by atoms with Crippen LogP contribution in [0.4, 0.5) is 13.2 Å². The molecule has 0 unspecified atom stereocenters. The van der Waals surface area contributed by atoms with E-state index in [4.69, 9.17) is 10.5 Å². The first-order chi connectivity index (χ1) is 8.70. The molecule has 6 heteroatoms. The van der Waals surface area contributed by atoms with Gasteiger partial charge in [0.15, 0.2) is 0 Å². The molecule has 0 aliphatic carbocycles. The maximum absolute atomic E-state index is 12.6. The third-order valence-corrected chi connectivity index (χ3v) is 2.79. The Bertz CT molecular complexity index is 267. The topological polar surface area (TPSA) is 52.3 Å². The Balaban J connectivity index is 4.60. The van der Waals surface area contributed by atoms with E-state index in [9.17, 15) is 18.0 Å². The smallest absolute Gasteiger partial charge is 0.404 e. The highest BCUT2D eigenvalue weighted by Gasteiger charge is 2.45. The Morgan fingerprint density at radius 1 is 1.26 bits per heavy atom. The second-order valence-electron chi connectivity index (χ2n) is 5.19. The van der Waals surface area contributed by atoms with Crippen LogP contribution in [-0.4, -0.2) is 24.8 Å². The van der Waals surface area contributed by atoms with Crippen LogP contribution in [0.25, 0.3) is 0 Å². The van der Waals surface area contributed by atoms with Crippen LogP contribution in [-0.2, 0) is 9.53 Å². The van der Waals surface area contributed by atoms with Gasteiger partial charge in [0.1, 0.15) is 6.04 Å². The van der Waals surface area contributed by atoms with Crippen molar-refractivity contribution in [2.24, 2.45) is 17.6 Å². The highest BCUT2D eigenvalue weighted by Crippen LogP contribution is 2.28. The van der Waals surface area contributed by atoms with Gasteiger partial charge in [0.05, 0.1) is 12.5 Å². The van der Waals surface area contributed by atoms with Crippen molar-refractivity contribution in [3.8, 4) is 0 Å². The van der Waals surface area contributed by atoms with Gasteiger partial charge in [-0.15, -0.1) is 0 Å². The van der Waals surface area contributed by atoms with Crippen molar-refractivity contribution >= 4 is 5.97 Å². The van der Waals surface area contributed by atoms with Crippen molar-refractivity contribution in [3.05, 3.63) is 0 Å². The van der Waals surface area contributed by atoms with Gasteiger partial charge in [-0.1, -0.05) is 40.0 Å². The summed E-state index contributed by atoms with van der Waals surface area (Å²) >= 11 is 0. The summed E-state index contributed by atoms with van der Waals surface area (Å²) in [5, 5.41) is 0. The summed E-state index contributed by atoms with van der Waals surface area (Å²) in [6.07, 6.45) is -2.27. The van der Waals surface area contributed by atoms with Gasteiger partial charge >= 0.3 is 12.1 Å². The lowest BCUT2D eigenvalue weighted by Crippen LogP contribution is -2.47. The molecule has 0 aromatic rings. The highest BCUT2D eigenvalue weighted by molar-refractivity contribution is 5.73. The largest absolute Gasteiger partial charge is 0.465 e. The lowest BCUT2D eigenvalue weighted by molar-refractivity contribution is -0.177. The Morgan fingerprint density at radius 3 is 2.26 bits per heavy atom. The van der Waals surface area contributed by atoms with Gasteiger partial charge in [0.2, 0.25) is 0 Å². The minimum Gasteiger partial charge on any atom is -0.465 e. The van der Waals surface area contributed by atoms with E-state index in [1.165, 1.54) is 0 Å². The molecule has 114 valence electrons. The fraction of sp³-hybridized carbons (Fsp3) is 0.923. The van der Waals surface area contributed by atoms with Crippen LogP contribution in [0.15, 0.2) is 0 Å². The zero-order valence-electron chi connectivity index (χ0n) is 11.8. The van der Waals surface area contributed by atoms with Gasteiger partial charge in [-0.05, 0) is 12.3 Å². The molecule has 0 heterocycles. The SMILES string of the molecule is CCCCC[C@H](C(=O)OCC(C)C)[C@H](N)C(F)(F)F. The number of esters is 1. The van der Waals surface area contributed by atoms with Crippen LogP contribution in [0.3, 0.4) is 0 Å². The summed E-state index contributed by atoms with van der Waals surface area (Å²) in [7, 11) is 0. The predicted molar refractivity (Wildman–Crippen MR) is 67.5 cm³/mol. The maximum atomic E-state index is 12.6. The Morgan fingerprint density at radius 2 is 1.84 bits per heavy atom. The molecular formula is C13H24F3NO2. The molecule has 0 fully saturated rings.